The molecule has 4 nitrogen and oxygen atoms in total. The smallest absolute Gasteiger partial charge is 0.255 e. The topological polar surface area (TPSA) is 68.0 Å². The Bertz CT molecular complexity index is 613. The summed E-state index contributed by atoms with van der Waals surface area (Å²) < 4.78 is 0.992. The highest BCUT2D eigenvalue weighted by atomic mass is 127. The fourth-order valence-electron chi connectivity index (χ4n) is 1.68. The molecule has 1 heterocycles. The third kappa shape index (κ3) is 3.44. The molecule has 0 radical (unpaired) electrons. The molecule has 1 aromatic heterocycles. The molecule has 5 heteroatoms. The lowest BCUT2D eigenvalue weighted by Gasteiger charge is -2.08. The summed E-state index contributed by atoms with van der Waals surface area (Å²) in [5, 5.41) is 2.88. The molecule has 98 valence electrons. The zero-order valence-corrected chi connectivity index (χ0v) is 12.6. The van der Waals surface area contributed by atoms with Crippen molar-refractivity contribution in [3.05, 3.63) is 51.2 Å². The third-order valence-corrected chi connectivity index (χ3v) is 3.59. The highest BCUT2D eigenvalue weighted by molar-refractivity contribution is 14.1. The van der Waals surface area contributed by atoms with Crippen LogP contribution in [0.3, 0.4) is 0 Å². The molecule has 1 aromatic carbocycles. The van der Waals surface area contributed by atoms with Gasteiger partial charge in [-0.25, -0.2) is 4.98 Å². The van der Waals surface area contributed by atoms with Gasteiger partial charge in [-0.2, -0.15) is 0 Å². The van der Waals surface area contributed by atoms with Crippen molar-refractivity contribution in [2.45, 2.75) is 13.3 Å². The number of para-hydroxylation sites is 1. The molecule has 0 aliphatic rings. The standard InChI is InChI=1S/C14H14IN3O/c1-2-10-7-9(8-13(16)17-10)14(19)18-12-6-4-3-5-11(12)15/h3-8H,2H2,1H3,(H2,16,17)(H,18,19). The average molecular weight is 367 g/mol. The third-order valence-electron chi connectivity index (χ3n) is 2.64. The predicted octanol–water partition coefficient (Wildman–Crippen LogP) is 3.08. The van der Waals surface area contributed by atoms with E-state index in [1.807, 2.05) is 31.2 Å². The summed E-state index contributed by atoms with van der Waals surface area (Å²) in [4.78, 5) is 16.3. The Kier molecular flexibility index (Phi) is 4.36. The summed E-state index contributed by atoms with van der Waals surface area (Å²) in [6.45, 7) is 1.98. The lowest BCUT2D eigenvalue weighted by molar-refractivity contribution is 0.102. The molecular formula is C14H14IN3O. The maximum Gasteiger partial charge on any atom is 0.255 e. The van der Waals surface area contributed by atoms with Gasteiger partial charge in [-0.3, -0.25) is 4.79 Å². The van der Waals surface area contributed by atoms with E-state index in [4.69, 9.17) is 5.73 Å². The monoisotopic (exact) mass is 367 g/mol. The van der Waals surface area contributed by atoms with Crippen LogP contribution in [0.4, 0.5) is 11.5 Å². The van der Waals surface area contributed by atoms with Gasteiger partial charge < -0.3 is 11.1 Å². The number of nitrogens with zero attached hydrogens (tertiary/aromatic N) is 1. The van der Waals surface area contributed by atoms with Gasteiger partial charge in [0.1, 0.15) is 5.82 Å². The van der Waals surface area contributed by atoms with Crippen LogP contribution in [0, 0.1) is 3.57 Å². The number of hydrogen-bond donors (Lipinski definition) is 2. The Balaban J connectivity index is 2.25. The van der Waals surface area contributed by atoms with Gasteiger partial charge in [0.25, 0.3) is 5.91 Å². The Morgan fingerprint density at radius 1 is 1.37 bits per heavy atom. The van der Waals surface area contributed by atoms with Gasteiger partial charge in [0.05, 0.1) is 5.69 Å². The summed E-state index contributed by atoms with van der Waals surface area (Å²) in [6, 6.07) is 11.0. The molecule has 0 saturated carbocycles. The van der Waals surface area contributed by atoms with Crippen LogP contribution in [-0.2, 0) is 6.42 Å². The van der Waals surface area contributed by atoms with E-state index in [0.717, 1.165) is 21.4 Å². The van der Waals surface area contributed by atoms with Crippen molar-refractivity contribution in [3.8, 4) is 0 Å². The highest BCUT2D eigenvalue weighted by Crippen LogP contribution is 2.18. The van der Waals surface area contributed by atoms with Crippen molar-refractivity contribution in [2.75, 3.05) is 11.1 Å². The Morgan fingerprint density at radius 2 is 2.11 bits per heavy atom. The molecule has 0 saturated heterocycles. The van der Waals surface area contributed by atoms with Crippen molar-refractivity contribution in [1.82, 2.24) is 4.98 Å². The number of carbonyl (C=O) groups is 1. The Labute approximate surface area is 125 Å². The van der Waals surface area contributed by atoms with Crippen molar-refractivity contribution in [2.24, 2.45) is 0 Å². The van der Waals surface area contributed by atoms with E-state index < -0.39 is 0 Å². The minimum atomic E-state index is -0.173. The molecule has 0 atom stereocenters. The van der Waals surface area contributed by atoms with Gasteiger partial charge in [0, 0.05) is 14.8 Å². The molecule has 19 heavy (non-hydrogen) atoms. The second-order valence-corrected chi connectivity index (χ2v) is 5.22. The minimum absolute atomic E-state index is 0.173. The number of nitrogens with two attached hydrogens (primary N) is 1. The Hall–Kier alpha value is -1.63. The second-order valence-electron chi connectivity index (χ2n) is 4.06. The first-order valence-electron chi connectivity index (χ1n) is 5.92. The van der Waals surface area contributed by atoms with Gasteiger partial charge in [-0.05, 0) is 53.3 Å². The number of carbonyl (C=O) groups excluding carboxylic acids is 1. The molecule has 1 amide bonds. The van der Waals surface area contributed by atoms with Crippen LogP contribution in [-0.4, -0.2) is 10.9 Å². The molecule has 0 unspecified atom stereocenters. The number of anilines is 2. The van der Waals surface area contributed by atoms with Crippen molar-refractivity contribution >= 4 is 40.0 Å². The number of nitrogens with one attached hydrogen (secondary N) is 1. The average Bonchev–Trinajstić information content (AvgIpc) is 2.40. The number of amides is 1. The van der Waals surface area contributed by atoms with Crippen LogP contribution >= 0.6 is 22.6 Å². The summed E-state index contributed by atoms with van der Waals surface area (Å²) in [7, 11) is 0. The van der Waals surface area contributed by atoms with E-state index in [1.165, 1.54) is 0 Å². The molecular weight excluding hydrogens is 353 g/mol. The largest absolute Gasteiger partial charge is 0.384 e. The summed E-state index contributed by atoms with van der Waals surface area (Å²) >= 11 is 2.18. The number of nitrogen functional groups attached to an aromatic ring is 1. The fraction of sp³-hybridized carbons (Fsp3) is 0.143. The van der Waals surface area contributed by atoms with E-state index in [1.54, 1.807) is 12.1 Å². The first-order chi connectivity index (χ1) is 9.10. The number of halogens is 1. The fourth-order valence-corrected chi connectivity index (χ4v) is 2.20. The van der Waals surface area contributed by atoms with Crippen LogP contribution in [0.5, 0.6) is 0 Å². The molecule has 3 N–H and O–H groups in total. The second kappa shape index (κ2) is 6.01. The predicted molar refractivity (Wildman–Crippen MR) is 85.1 cm³/mol. The lowest BCUT2D eigenvalue weighted by atomic mass is 10.1. The van der Waals surface area contributed by atoms with Gasteiger partial charge in [0.15, 0.2) is 0 Å². The van der Waals surface area contributed by atoms with Gasteiger partial charge in [-0.1, -0.05) is 19.1 Å². The highest BCUT2D eigenvalue weighted by Gasteiger charge is 2.10. The maximum atomic E-state index is 12.2. The zero-order chi connectivity index (χ0) is 13.8. The van der Waals surface area contributed by atoms with Crippen LogP contribution < -0.4 is 11.1 Å². The molecule has 2 aromatic rings. The van der Waals surface area contributed by atoms with Crippen molar-refractivity contribution in [3.63, 3.8) is 0 Å². The van der Waals surface area contributed by atoms with E-state index in [2.05, 4.69) is 32.9 Å². The summed E-state index contributed by atoms with van der Waals surface area (Å²) in [5.74, 6) is 0.195. The molecule has 0 aliphatic carbocycles. The first kappa shape index (κ1) is 13.8. The quantitative estimate of drug-likeness (QED) is 0.820. The zero-order valence-electron chi connectivity index (χ0n) is 10.5. The van der Waals surface area contributed by atoms with Crippen LogP contribution in [0.15, 0.2) is 36.4 Å². The van der Waals surface area contributed by atoms with Crippen LogP contribution in [0.1, 0.15) is 23.0 Å². The van der Waals surface area contributed by atoms with E-state index in [9.17, 15) is 4.79 Å². The molecule has 0 bridgehead atoms. The van der Waals surface area contributed by atoms with Crippen LogP contribution in [0.25, 0.3) is 0 Å². The van der Waals surface area contributed by atoms with Crippen molar-refractivity contribution < 1.29 is 4.79 Å². The molecule has 0 spiro atoms. The number of benzene rings is 1. The van der Waals surface area contributed by atoms with E-state index in [-0.39, 0.29) is 5.91 Å². The maximum absolute atomic E-state index is 12.2. The normalized spacial score (nSPS) is 10.2. The number of aromatic nitrogens is 1. The summed E-state index contributed by atoms with van der Waals surface area (Å²) in [6.07, 6.45) is 0.744. The minimum Gasteiger partial charge on any atom is -0.384 e. The number of rotatable bonds is 3. The van der Waals surface area contributed by atoms with Crippen molar-refractivity contribution in [1.29, 1.82) is 0 Å². The lowest BCUT2D eigenvalue weighted by Crippen LogP contribution is -2.14. The number of aryl methyl sites for hydroxylation is 1. The molecule has 0 fully saturated rings. The number of hydrogen-bond acceptors (Lipinski definition) is 3. The number of pyridine rings is 1. The van der Waals surface area contributed by atoms with E-state index >= 15 is 0 Å². The Morgan fingerprint density at radius 3 is 2.79 bits per heavy atom. The van der Waals surface area contributed by atoms with Gasteiger partial charge in [0.2, 0.25) is 0 Å². The van der Waals surface area contributed by atoms with Gasteiger partial charge >= 0.3 is 0 Å². The molecule has 0 aliphatic heterocycles. The van der Waals surface area contributed by atoms with Crippen LogP contribution in [0.2, 0.25) is 0 Å². The van der Waals surface area contributed by atoms with Gasteiger partial charge in [-0.15, -0.1) is 0 Å². The molecule has 2 rings (SSSR count). The SMILES string of the molecule is CCc1cc(C(=O)Nc2ccccc2I)cc(N)n1. The van der Waals surface area contributed by atoms with E-state index in [0.29, 0.717) is 11.4 Å². The summed E-state index contributed by atoms with van der Waals surface area (Å²) in [5.41, 5.74) is 7.84. The first-order valence-corrected chi connectivity index (χ1v) is 7.00.